The van der Waals surface area contributed by atoms with Gasteiger partial charge in [-0.25, -0.2) is 0 Å². The zero-order valence-electron chi connectivity index (χ0n) is 25.3. The third kappa shape index (κ3) is 5.11. The van der Waals surface area contributed by atoms with Gasteiger partial charge >= 0.3 is 0 Å². The molecule has 45 heavy (non-hydrogen) atoms. The van der Waals surface area contributed by atoms with Crippen LogP contribution in [0.5, 0.6) is 0 Å². The molecule has 0 N–H and O–H groups in total. The molecule has 6 aromatic carbocycles. The van der Waals surface area contributed by atoms with E-state index in [9.17, 15) is 0 Å². The topological polar surface area (TPSA) is 25.5 Å². The third-order valence-electron chi connectivity index (χ3n) is 8.61. The number of fused-ring (bicyclic) bond motifs is 8. The van der Waals surface area contributed by atoms with Crippen molar-refractivity contribution in [3.05, 3.63) is 175 Å². The number of furan rings is 1. The molecule has 2 nitrogen and oxygen atoms in total. The molecular formula is C43H33NO. The van der Waals surface area contributed by atoms with E-state index < -0.39 is 0 Å². The maximum Gasteiger partial charge on any atom is 0.143 e. The van der Waals surface area contributed by atoms with Crippen LogP contribution in [0.3, 0.4) is 0 Å². The fourth-order valence-corrected chi connectivity index (χ4v) is 6.45. The first kappa shape index (κ1) is 28.1. The SMILES string of the molecule is C=C/C=C\C(=C/C)C(/C=C(\N=C)c1cccc(-c2ccc3c(c2)oc2c4ccccc4c4ccccc4c32)c1)c1ccccc1. The fourth-order valence-electron chi connectivity index (χ4n) is 6.45. The van der Waals surface area contributed by atoms with Crippen molar-refractivity contribution in [2.45, 2.75) is 12.8 Å². The Hall–Kier alpha value is -5.73. The molecule has 0 aliphatic rings. The molecule has 0 fully saturated rings. The van der Waals surface area contributed by atoms with E-state index in [1.165, 1.54) is 21.7 Å². The molecule has 7 aromatic rings. The molecule has 0 radical (unpaired) electrons. The Morgan fingerprint density at radius 1 is 0.711 bits per heavy atom. The molecule has 1 unspecified atom stereocenters. The summed E-state index contributed by atoms with van der Waals surface area (Å²) in [6, 6.07) is 42.6. The molecule has 1 aromatic heterocycles. The first-order chi connectivity index (χ1) is 22.2. The molecule has 0 bridgehead atoms. The molecule has 0 aliphatic heterocycles. The number of allylic oxidation sites excluding steroid dienone is 6. The van der Waals surface area contributed by atoms with Gasteiger partial charge in [-0.1, -0.05) is 134 Å². The van der Waals surface area contributed by atoms with Crippen molar-refractivity contribution < 1.29 is 4.42 Å². The molecule has 1 heterocycles. The Morgan fingerprint density at radius 3 is 2.13 bits per heavy atom. The molecule has 0 saturated heterocycles. The predicted molar refractivity (Wildman–Crippen MR) is 194 cm³/mol. The van der Waals surface area contributed by atoms with Gasteiger partial charge in [0.1, 0.15) is 11.2 Å². The normalized spacial score (nSPS) is 13.3. The lowest BCUT2D eigenvalue weighted by Gasteiger charge is -2.17. The van der Waals surface area contributed by atoms with Crippen molar-refractivity contribution in [3.63, 3.8) is 0 Å². The number of hydrogen-bond acceptors (Lipinski definition) is 2. The van der Waals surface area contributed by atoms with Crippen LogP contribution in [0.25, 0.3) is 60.3 Å². The standard InChI is InChI=1S/C43H33NO/c1-4-6-15-29(5-2)39(30-16-8-7-9-17-30)28-40(44-3)33-19-14-18-31(26-33)32-24-25-38-41(27-32)45-43-37-23-13-11-21-35(37)34-20-10-12-22-36(34)42(38)43/h4-28,39H,1,3H2,2H3/b15-6-,29-5+,40-28-. The lowest BCUT2D eigenvalue weighted by Crippen LogP contribution is -1.99. The minimum absolute atomic E-state index is 0.00750. The van der Waals surface area contributed by atoms with Gasteiger partial charge in [-0.05, 0) is 76.3 Å². The highest BCUT2D eigenvalue weighted by Crippen LogP contribution is 2.42. The van der Waals surface area contributed by atoms with Crippen molar-refractivity contribution in [2.24, 2.45) is 4.99 Å². The predicted octanol–water partition coefficient (Wildman–Crippen LogP) is 12.1. The van der Waals surface area contributed by atoms with Gasteiger partial charge in [0.25, 0.3) is 0 Å². The number of nitrogens with zero attached hydrogens (tertiary/aromatic N) is 1. The van der Waals surface area contributed by atoms with Crippen molar-refractivity contribution in [3.8, 4) is 11.1 Å². The van der Waals surface area contributed by atoms with Gasteiger partial charge in [-0.2, -0.15) is 0 Å². The van der Waals surface area contributed by atoms with E-state index in [2.05, 4.69) is 159 Å². The van der Waals surface area contributed by atoms with Gasteiger partial charge in [0.2, 0.25) is 0 Å². The van der Waals surface area contributed by atoms with Crippen LogP contribution in [0.4, 0.5) is 0 Å². The second-order valence-electron chi connectivity index (χ2n) is 11.2. The largest absolute Gasteiger partial charge is 0.455 e. The summed E-state index contributed by atoms with van der Waals surface area (Å²) >= 11 is 0. The van der Waals surface area contributed by atoms with Crippen LogP contribution >= 0.6 is 0 Å². The first-order valence-corrected chi connectivity index (χ1v) is 15.3. The van der Waals surface area contributed by atoms with E-state index in [0.717, 1.165) is 55.3 Å². The number of benzene rings is 6. The Balaban J connectivity index is 1.34. The maximum atomic E-state index is 6.65. The smallest absolute Gasteiger partial charge is 0.143 e. The second-order valence-corrected chi connectivity index (χ2v) is 11.2. The van der Waals surface area contributed by atoms with Gasteiger partial charge in [-0.15, -0.1) is 0 Å². The molecule has 0 aliphatic carbocycles. The average molecular weight is 580 g/mol. The van der Waals surface area contributed by atoms with Crippen LogP contribution in [0.2, 0.25) is 0 Å². The molecule has 0 amide bonds. The Bertz CT molecular complexity index is 2310. The van der Waals surface area contributed by atoms with Crippen LogP contribution in [-0.4, -0.2) is 6.72 Å². The van der Waals surface area contributed by atoms with Crippen molar-refractivity contribution in [2.75, 3.05) is 0 Å². The van der Waals surface area contributed by atoms with Gasteiger partial charge in [0, 0.05) is 27.6 Å². The van der Waals surface area contributed by atoms with E-state index >= 15 is 0 Å². The van der Waals surface area contributed by atoms with E-state index in [1.54, 1.807) is 6.08 Å². The summed E-state index contributed by atoms with van der Waals surface area (Å²) < 4.78 is 6.65. The lowest BCUT2D eigenvalue weighted by molar-refractivity contribution is 0.673. The maximum absolute atomic E-state index is 6.65. The third-order valence-corrected chi connectivity index (χ3v) is 8.61. The second kappa shape index (κ2) is 12.1. The fraction of sp³-hybridized carbons (Fsp3) is 0.0465. The zero-order valence-corrected chi connectivity index (χ0v) is 25.3. The summed E-state index contributed by atoms with van der Waals surface area (Å²) in [5, 5.41) is 7.08. The van der Waals surface area contributed by atoms with Crippen LogP contribution in [0.1, 0.15) is 24.0 Å². The quantitative estimate of drug-likeness (QED) is 0.0999. The first-order valence-electron chi connectivity index (χ1n) is 15.3. The summed E-state index contributed by atoms with van der Waals surface area (Å²) in [6.07, 6.45) is 10.2. The van der Waals surface area contributed by atoms with Crippen LogP contribution in [0, 0.1) is 0 Å². The molecule has 216 valence electrons. The minimum atomic E-state index is 0.00750. The van der Waals surface area contributed by atoms with Crippen molar-refractivity contribution >= 4 is 55.9 Å². The van der Waals surface area contributed by atoms with Gasteiger partial charge < -0.3 is 4.42 Å². The molecule has 7 rings (SSSR count). The highest BCUT2D eigenvalue weighted by molar-refractivity contribution is 6.30. The van der Waals surface area contributed by atoms with Crippen LogP contribution in [-0.2, 0) is 0 Å². The van der Waals surface area contributed by atoms with E-state index in [4.69, 9.17) is 4.42 Å². The van der Waals surface area contributed by atoms with Crippen molar-refractivity contribution in [1.29, 1.82) is 0 Å². The van der Waals surface area contributed by atoms with E-state index in [-0.39, 0.29) is 5.92 Å². The van der Waals surface area contributed by atoms with E-state index in [1.807, 2.05) is 12.1 Å². The molecular weight excluding hydrogens is 546 g/mol. The monoisotopic (exact) mass is 579 g/mol. The van der Waals surface area contributed by atoms with Crippen LogP contribution < -0.4 is 0 Å². The Kier molecular flexibility index (Phi) is 7.55. The minimum Gasteiger partial charge on any atom is -0.455 e. The number of aliphatic imine (C=N–C) groups is 1. The highest BCUT2D eigenvalue weighted by atomic mass is 16.3. The van der Waals surface area contributed by atoms with E-state index in [0.29, 0.717) is 0 Å². The average Bonchev–Trinajstić information content (AvgIpc) is 3.50. The molecule has 0 spiro atoms. The van der Waals surface area contributed by atoms with Gasteiger partial charge in [0.05, 0.1) is 5.70 Å². The molecule has 2 heteroatoms. The lowest BCUT2D eigenvalue weighted by atomic mass is 9.88. The molecule has 0 saturated carbocycles. The summed E-state index contributed by atoms with van der Waals surface area (Å²) in [5.41, 5.74) is 8.18. The summed E-state index contributed by atoms with van der Waals surface area (Å²) in [5.74, 6) is 0.00750. The summed E-state index contributed by atoms with van der Waals surface area (Å²) in [6.45, 7) is 9.88. The number of rotatable bonds is 8. The summed E-state index contributed by atoms with van der Waals surface area (Å²) in [4.78, 5) is 4.51. The summed E-state index contributed by atoms with van der Waals surface area (Å²) in [7, 11) is 0. The highest BCUT2D eigenvalue weighted by Gasteiger charge is 2.17. The zero-order chi connectivity index (χ0) is 30.8. The van der Waals surface area contributed by atoms with Crippen LogP contribution in [0.15, 0.2) is 173 Å². The molecule has 1 atom stereocenters. The van der Waals surface area contributed by atoms with Crippen molar-refractivity contribution in [1.82, 2.24) is 0 Å². The van der Waals surface area contributed by atoms with Gasteiger partial charge in [-0.3, -0.25) is 4.99 Å². The van der Waals surface area contributed by atoms with Gasteiger partial charge in [0.15, 0.2) is 0 Å². The number of hydrogen-bond donors (Lipinski definition) is 0. The Labute approximate surface area is 263 Å². The Morgan fingerprint density at radius 2 is 1.40 bits per heavy atom.